The summed E-state index contributed by atoms with van der Waals surface area (Å²) in [4.78, 5) is 16.3. The van der Waals surface area contributed by atoms with Crippen molar-refractivity contribution in [1.29, 1.82) is 0 Å². The molecule has 2 rings (SSSR count). The Balaban J connectivity index is 2.00. The molecule has 0 fully saturated rings. The molecule has 0 aliphatic carbocycles. The monoisotopic (exact) mass is 319 g/mol. The second-order valence-corrected chi connectivity index (χ2v) is 5.69. The fourth-order valence-electron chi connectivity index (χ4n) is 2.36. The Morgan fingerprint density at radius 3 is 2.95 bits per heavy atom. The third-order valence-corrected chi connectivity index (χ3v) is 3.75. The number of aromatic amines is 1. The van der Waals surface area contributed by atoms with Crippen LogP contribution < -0.4 is 5.32 Å². The van der Waals surface area contributed by atoms with Crippen molar-refractivity contribution < 1.29 is 4.79 Å². The number of carbonyl (C=O) groups is 1. The summed E-state index contributed by atoms with van der Waals surface area (Å²) < 4.78 is 2.57. The summed E-state index contributed by atoms with van der Waals surface area (Å²) in [7, 11) is 0. The predicted molar refractivity (Wildman–Crippen MR) is 87.4 cm³/mol. The van der Waals surface area contributed by atoms with Gasteiger partial charge in [-0.25, -0.2) is 0 Å². The number of aryl methyl sites for hydroxylation is 1. The van der Waals surface area contributed by atoms with Gasteiger partial charge in [0.25, 0.3) is 5.91 Å². The van der Waals surface area contributed by atoms with Gasteiger partial charge in [-0.3, -0.25) is 14.9 Å². The first-order chi connectivity index (χ1) is 10.5. The van der Waals surface area contributed by atoms with Crippen molar-refractivity contribution in [3.63, 3.8) is 0 Å². The Morgan fingerprint density at radius 2 is 2.27 bits per heavy atom. The van der Waals surface area contributed by atoms with E-state index in [-0.39, 0.29) is 11.9 Å². The van der Waals surface area contributed by atoms with E-state index in [1.807, 2.05) is 11.5 Å². The lowest BCUT2D eigenvalue weighted by Crippen LogP contribution is -2.27. The highest BCUT2D eigenvalue weighted by Gasteiger charge is 2.12. The number of rotatable bonds is 6. The van der Waals surface area contributed by atoms with E-state index in [1.165, 1.54) is 0 Å². The summed E-state index contributed by atoms with van der Waals surface area (Å²) in [6, 6.07) is 1.99. The van der Waals surface area contributed by atoms with Crippen molar-refractivity contribution in [2.24, 2.45) is 0 Å². The van der Waals surface area contributed by atoms with Crippen molar-refractivity contribution in [2.45, 2.75) is 39.7 Å². The van der Waals surface area contributed by atoms with Crippen LogP contribution >= 0.6 is 12.2 Å². The van der Waals surface area contributed by atoms with Crippen LogP contribution in [0.25, 0.3) is 0 Å². The number of pyridine rings is 1. The largest absolute Gasteiger partial charge is 0.352 e. The molecule has 2 N–H and O–H groups in total. The second-order valence-electron chi connectivity index (χ2n) is 5.30. The Labute approximate surface area is 135 Å². The minimum atomic E-state index is -0.0792. The van der Waals surface area contributed by atoms with Crippen molar-refractivity contribution in [3.05, 3.63) is 40.2 Å². The van der Waals surface area contributed by atoms with E-state index in [2.05, 4.69) is 34.3 Å². The summed E-state index contributed by atoms with van der Waals surface area (Å²) in [5, 5.41) is 9.96. The third-order valence-electron chi connectivity index (χ3n) is 3.46. The molecule has 0 aliphatic heterocycles. The number of carbonyl (C=O) groups excluding carboxylic acids is 1. The first-order valence-corrected chi connectivity index (χ1v) is 7.82. The molecule has 0 saturated carbocycles. The third kappa shape index (κ3) is 3.59. The number of nitrogens with zero attached hydrogens (tertiary/aromatic N) is 3. The van der Waals surface area contributed by atoms with Gasteiger partial charge in [-0.15, -0.1) is 0 Å². The normalized spacial score (nSPS) is 10.9. The minimum absolute atomic E-state index is 0.0792. The standard InChI is InChI=1S/C15H21N5OS/c1-4-11-9-16-7-5-12(11)14(21)17-8-6-13-18-19-15(22)20(13)10(2)3/h5,7,9-10H,4,6,8H2,1-3H3,(H,17,21)(H,19,22). The van der Waals surface area contributed by atoms with Gasteiger partial charge >= 0.3 is 0 Å². The van der Waals surface area contributed by atoms with Crippen LogP contribution in [0.2, 0.25) is 0 Å². The van der Waals surface area contributed by atoms with E-state index in [0.717, 1.165) is 17.8 Å². The van der Waals surface area contributed by atoms with Crippen LogP contribution in [0.5, 0.6) is 0 Å². The van der Waals surface area contributed by atoms with Gasteiger partial charge in [0.2, 0.25) is 0 Å². The van der Waals surface area contributed by atoms with E-state index >= 15 is 0 Å². The molecule has 0 bridgehead atoms. The van der Waals surface area contributed by atoms with Crippen LogP contribution in [0, 0.1) is 4.77 Å². The van der Waals surface area contributed by atoms with Crippen LogP contribution in [0.4, 0.5) is 0 Å². The van der Waals surface area contributed by atoms with Gasteiger partial charge in [-0.2, -0.15) is 5.10 Å². The molecule has 2 aromatic rings. The molecule has 22 heavy (non-hydrogen) atoms. The van der Waals surface area contributed by atoms with E-state index < -0.39 is 0 Å². The summed E-state index contributed by atoms with van der Waals surface area (Å²) >= 11 is 5.21. The zero-order valence-corrected chi connectivity index (χ0v) is 13.9. The van der Waals surface area contributed by atoms with Crippen LogP contribution in [-0.2, 0) is 12.8 Å². The van der Waals surface area contributed by atoms with Crippen molar-refractivity contribution >= 4 is 18.1 Å². The predicted octanol–water partition coefficient (Wildman–Crippen LogP) is 2.45. The summed E-state index contributed by atoms with van der Waals surface area (Å²) in [5.74, 6) is 0.773. The first-order valence-electron chi connectivity index (χ1n) is 7.41. The number of H-pyrrole nitrogens is 1. The molecule has 0 aromatic carbocycles. The lowest BCUT2D eigenvalue weighted by atomic mass is 10.1. The smallest absolute Gasteiger partial charge is 0.251 e. The van der Waals surface area contributed by atoms with Gasteiger partial charge in [0.05, 0.1) is 0 Å². The molecule has 0 spiro atoms. The van der Waals surface area contributed by atoms with Gasteiger partial charge < -0.3 is 9.88 Å². The Morgan fingerprint density at radius 1 is 1.50 bits per heavy atom. The Kier molecular flexibility index (Phi) is 5.43. The fourth-order valence-corrected chi connectivity index (χ4v) is 2.72. The number of amides is 1. The molecular formula is C15H21N5OS. The topological polar surface area (TPSA) is 75.6 Å². The second kappa shape index (κ2) is 7.31. The van der Waals surface area contributed by atoms with Gasteiger partial charge in [0.15, 0.2) is 4.77 Å². The van der Waals surface area contributed by atoms with Crippen molar-refractivity contribution in [2.75, 3.05) is 6.54 Å². The maximum atomic E-state index is 12.2. The fraction of sp³-hybridized carbons (Fsp3) is 0.467. The van der Waals surface area contributed by atoms with Gasteiger partial charge in [-0.05, 0) is 44.1 Å². The van der Waals surface area contributed by atoms with Gasteiger partial charge in [0.1, 0.15) is 5.82 Å². The Bertz CT molecular complexity index is 704. The molecule has 2 heterocycles. The minimum Gasteiger partial charge on any atom is -0.352 e. The van der Waals surface area contributed by atoms with Gasteiger partial charge in [-0.1, -0.05) is 6.92 Å². The van der Waals surface area contributed by atoms with Crippen LogP contribution in [-0.4, -0.2) is 32.2 Å². The SMILES string of the molecule is CCc1cnccc1C(=O)NCCc1n[nH]c(=S)n1C(C)C. The van der Waals surface area contributed by atoms with Crippen molar-refractivity contribution in [1.82, 2.24) is 25.1 Å². The summed E-state index contributed by atoms with van der Waals surface area (Å²) in [6.07, 6.45) is 4.78. The number of nitrogens with one attached hydrogen (secondary N) is 2. The number of hydrogen-bond donors (Lipinski definition) is 2. The highest BCUT2D eigenvalue weighted by Crippen LogP contribution is 2.10. The van der Waals surface area contributed by atoms with Crippen LogP contribution in [0.1, 0.15) is 48.6 Å². The average molecular weight is 319 g/mol. The maximum Gasteiger partial charge on any atom is 0.251 e. The number of hydrogen-bond acceptors (Lipinski definition) is 4. The molecule has 6 nitrogen and oxygen atoms in total. The first kappa shape index (κ1) is 16.4. The Hall–Kier alpha value is -2.02. The summed E-state index contributed by atoms with van der Waals surface area (Å²) in [6.45, 7) is 6.63. The zero-order valence-electron chi connectivity index (χ0n) is 13.1. The molecule has 0 unspecified atom stereocenters. The van der Waals surface area contributed by atoms with Gasteiger partial charge in [0, 0.05) is 37.0 Å². The molecule has 2 aromatic heterocycles. The molecule has 0 radical (unpaired) electrons. The highest BCUT2D eigenvalue weighted by atomic mass is 32.1. The lowest BCUT2D eigenvalue weighted by molar-refractivity contribution is 0.0953. The van der Waals surface area contributed by atoms with E-state index in [1.54, 1.807) is 18.5 Å². The van der Waals surface area contributed by atoms with Crippen molar-refractivity contribution in [3.8, 4) is 0 Å². The molecule has 0 atom stereocenters. The maximum absolute atomic E-state index is 12.2. The molecular weight excluding hydrogens is 298 g/mol. The average Bonchev–Trinajstić information content (AvgIpc) is 2.88. The molecule has 1 amide bonds. The summed E-state index contributed by atoms with van der Waals surface area (Å²) in [5.41, 5.74) is 1.63. The number of aromatic nitrogens is 4. The van der Waals surface area contributed by atoms with E-state index in [9.17, 15) is 4.79 Å². The molecule has 0 aliphatic rings. The molecule has 7 heteroatoms. The molecule has 118 valence electrons. The highest BCUT2D eigenvalue weighted by molar-refractivity contribution is 7.71. The quantitative estimate of drug-likeness (QED) is 0.802. The zero-order chi connectivity index (χ0) is 16.1. The van der Waals surface area contributed by atoms with Crippen LogP contribution in [0.15, 0.2) is 18.5 Å². The lowest BCUT2D eigenvalue weighted by Gasteiger charge is -2.11. The van der Waals surface area contributed by atoms with Crippen LogP contribution in [0.3, 0.4) is 0 Å². The van der Waals surface area contributed by atoms with E-state index in [4.69, 9.17) is 12.2 Å². The molecule has 0 saturated heterocycles. The van der Waals surface area contributed by atoms with E-state index in [0.29, 0.717) is 23.3 Å².